The average molecular weight is 1160 g/mol. The molecule has 0 aromatic heterocycles. The lowest BCUT2D eigenvalue weighted by Crippen LogP contribution is -2.47. The summed E-state index contributed by atoms with van der Waals surface area (Å²) < 4.78 is 30.8. The number of carbonyl (C=O) groups excluding carboxylic acids is 2. The van der Waals surface area contributed by atoms with Gasteiger partial charge in [-0.3, -0.25) is 18.6 Å². The Morgan fingerprint density at radius 1 is 0.432 bits per heavy atom. The van der Waals surface area contributed by atoms with E-state index >= 15 is 0 Å². The maximum Gasteiger partial charge on any atom is 0.472 e. The maximum absolute atomic E-state index is 13.6. The second-order valence-corrected chi connectivity index (χ2v) is 26.5. The number of esters is 1. The fraction of sp³-hybridized carbons (Fsp3) is 0.859. The van der Waals surface area contributed by atoms with Crippen molar-refractivity contribution < 1.29 is 37.3 Å². The van der Waals surface area contributed by atoms with Crippen LogP contribution in [0.5, 0.6) is 0 Å². The van der Waals surface area contributed by atoms with Crippen molar-refractivity contribution in [2.45, 2.75) is 354 Å². The molecule has 0 heterocycles. The number of carbonyl (C=O) groups is 2. The van der Waals surface area contributed by atoms with Gasteiger partial charge in [-0.25, -0.2) is 4.57 Å². The molecule has 0 rings (SSSR count). The van der Waals surface area contributed by atoms with Gasteiger partial charge in [-0.1, -0.05) is 307 Å². The van der Waals surface area contributed by atoms with Crippen molar-refractivity contribution in [1.29, 1.82) is 0 Å². The molecule has 0 spiro atoms. The van der Waals surface area contributed by atoms with E-state index in [-0.39, 0.29) is 25.1 Å². The third-order valence-corrected chi connectivity index (χ3v) is 16.8. The molecule has 0 radical (unpaired) electrons. The lowest BCUT2D eigenvalue weighted by Gasteiger charge is -2.27. The van der Waals surface area contributed by atoms with Crippen LogP contribution in [0.4, 0.5) is 0 Å². The van der Waals surface area contributed by atoms with E-state index in [1.54, 1.807) is 0 Å². The Labute approximate surface area is 503 Å². The van der Waals surface area contributed by atoms with Crippen molar-refractivity contribution in [1.82, 2.24) is 5.32 Å². The number of phosphoric acid groups is 1. The number of amides is 1. The first-order chi connectivity index (χ1) is 39.4. The van der Waals surface area contributed by atoms with Gasteiger partial charge in [-0.2, -0.15) is 0 Å². The minimum Gasteiger partial charge on any atom is -0.456 e. The highest BCUT2D eigenvalue weighted by Gasteiger charge is 2.30. The van der Waals surface area contributed by atoms with Crippen molar-refractivity contribution in [2.24, 2.45) is 0 Å². The number of unbranched alkanes of at least 4 members (excludes halogenated alkanes) is 42. The highest BCUT2D eigenvalue weighted by molar-refractivity contribution is 7.47. The first-order valence-corrected chi connectivity index (χ1v) is 36.5. The summed E-state index contributed by atoms with van der Waals surface area (Å²) in [5.41, 5.74) is 0. The standard InChI is InChI=1S/C71H135N2O7P/c1-7-10-13-16-19-22-25-27-29-31-33-35-36-38-39-41-43-45-48-51-54-57-60-63-70(74)72-68(67-79-81(76,77)78-66-65-73(4,5)6)69(62-59-56-53-50-47-24-21-18-15-12-9-3)80-71(75)64-61-58-55-52-49-46-44-42-40-37-34-32-30-28-26-23-20-17-14-11-8-2/h19,22,27,29,33,35,59,62,68-69H,7-18,20-21,23-26,28,30-32,34,36-58,60-61,63-67H2,1-6H3,(H-,72,74,76,77)/p+1/b22-19-,29-27-,35-33-,62-59+. The summed E-state index contributed by atoms with van der Waals surface area (Å²) in [5, 5.41) is 3.07. The zero-order valence-corrected chi connectivity index (χ0v) is 55.4. The molecule has 0 aromatic rings. The average Bonchev–Trinajstić information content (AvgIpc) is 3.43. The van der Waals surface area contributed by atoms with Crippen molar-refractivity contribution in [2.75, 3.05) is 40.9 Å². The first-order valence-electron chi connectivity index (χ1n) is 35.0. The van der Waals surface area contributed by atoms with E-state index in [4.69, 9.17) is 13.8 Å². The smallest absolute Gasteiger partial charge is 0.456 e. The number of hydrogen-bond donors (Lipinski definition) is 2. The molecule has 0 aliphatic rings. The van der Waals surface area contributed by atoms with Gasteiger partial charge < -0.3 is 19.4 Å². The maximum atomic E-state index is 13.6. The predicted octanol–water partition coefficient (Wildman–Crippen LogP) is 22.0. The molecule has 2 N–H and O–H groups in total. The van der Waals surface area contributed by atoms with Gasteiger partial charge >= 0.3 is 13.8 Å². The summed E-state index contributed by atoms with van der Waals surface area (Å²) in [5.74, 6) is -0.494. The molecular formula is C71H136N2O7P+. The summed E-state index contributed by atoms with van der Waals surface area (Å²) in [7, 11) is 1.51. The molecule has 0 saturated carbocycles. The Hall–Kier alpha value is -2.03. The van der Waals surface area contributed by atoms with Crippen LogP contribution in [-0.2, 0) is 27.9 Å². The highest BCUT2D eigenvalue weighted by atomic mass is 31.2. The minimum atomic E-state index is -4.45. The van der Waals surface area contributed by atoms with Crippen LogP contribution in [0, 0.1) is 0 Å². The van der Waals surface area contributed by atoms with Crippen molar-refractivity contribution >= 4 is 19.7 Å². The molecule has 0 bridgehead atoms. The van der Waals surface area contributed by atoms with E-state index in [1.807, 2.05) is 33.3 Å². The second-order valence-electron chi connectivity index (χ2n) is 25.1. The molecule has 3 unspecified atom stereocenters. The van der Waals surface area contributed by atoms with E-state index in [0.717, 1.165) is 70.6 Å². The van der Waals surface area contributed by atoms with Crippen LogP contribution in [0.1, 0.15) is 342 Å². The number of quaternary nitrogens is 1. The molecular weight excluding hydrogens is 1020 g/mol. The SMILES string of the molecule is CCCCC/C=C\C/C=C\C/C=C\CCCCCCCCCCCCC(=O)NC(COP(=O)(O)OCC[N+](C)(C)C)C(/C=C/CCCCCCCCCCC)OC(=O)CCCCCCCCCCCCCCCCCCCCCCC. The van der Waals surface area contributed by atoms with Crippen molar-refractivity contribution in [3.8, 4) is 0 Å². The highest BCUT2D eigenvalue weighted by Crippen LogP contribution is 2.43. The van der Waals surface area contributed by atoms with E-state index in [1.165, 1.54) is 238 Å². The molecule has 0 aliphatic carbocycles. The fourth-order valence-corrected chi connectivity index (χ4v) is 11.1. The second kappa shape index (κ2) is 61.1. The number of nitrogens with one attached hydrogen (secondary N) is 1. The molecule has 0 fully saturated rings. The van der Waals surface area contributed by atoms with Crippen LogP contribution in [0.15, 0.2) is 48.6 Å². The quantitative estimate of drug-likeness (QED) is 0.0205. The number of rotatable bonds is 64. The van der Waals surface area contributed by atoms with Gasteiger partial charge in [0, 0.05) is 12.8 Å². The van der Waals surface area contributed by atoms with Gasteiger partial charge in [-0.05, 0) is 70.3 Å². The van der Waals surface area contributed by atoms with E-state index < -0.39 is 20.0 Å². The number of likely N-dealkylation sites (N-methyl/N-ethyl adjacent to an activating group) is 1. The molecule has 1 amide bonds. The number of hydrogen-bond acceptors (Lipinski definition) is 6. The van der Waals surface area contributed by atoms with Crippen LogP contribution in [-0.4, -0.2) is 74.3 Å². The monoisotopic (exact) mass is 1160 g/mol. The van der Waals surface area contributed by atoms with Crippen molar-refractivity contribution in [3.63, 3.8) is 0 Å². The third-order valence-electron chi connectivity index (χ3n) is 15.8. The minimum absolute atomic E-state index is 0.0409. The number of ether oxygens (including phenoxy) is 1. The Bertz CT molecular complexity index is 1520. The number of allylic oxidation sites excluding steroid dienone is 7. The van der Waals surface area contributed by atoms with Crippen LogP contribution in [0.25, 0.3) is 0 Å². The van der Waals surface area contributed by atoms with E-state index in [0.29, 0.717) is 23.9 Å². The summed E-state index contributed by atoms with van der Waals surface area (Å²) in [6.07, 6.45) is 76.9. The summed E-state index contributed by atoms with van der Waals surface area (Å²) >= 11 is 0. The number of phosphoric ester groups is 1. The summed E-state index contributed by atoms with van der Waals surface area (Å²) in [6.45, 7) is 7.03. The normalized spacial score (nSPS) is 13.8. The fourth-order valence-electron chi connectivity index (χ4n) is 10.4. The lowest BCUT2D eigenvalue weighted by atomic mass is 10.0. The Kier molecular flexibility index (Phi) is 59.5. The zero-order valence-electron chi connectivity index (χ0n) is 54.5. The number of nitrogens with zero attached hydrogens (tertiary/aromatic N) is 1. The van der Waals surface area contributed by atoms with E-state index in [2.05, 4.69) is 62.5 Å². The summed E-state index contributed by atoms with van der Waals surface area (Å²) in [4.78, 5) is 37.8. The van der Waals surface area contributed by atoms with Gasteiger partial charge in [0.2, 0.25) is 5.91 Å². The Balaban J connectivity index is 5.04. The molecule has 9 nitrogen and oxygen atoms in total. The van der Waals surface area contributed by atoms with Gasteiger partial charge in [-0.15, -0.1) is 0 Å². The Morgan fingerprint density at radius 2 is 0.753 bits per heavy atom. The van der Waals surface area contributed by atoms with Crippen LogP contribution in [0.3, 0.4) is 0 Å². The third kappa shape index (κ3) is 62.3. The molecule has 476 valence electrons. The van der Waals surface area contributed by atoms with Crippen LogP contribution in [0.2, 0.25) is 0 Å². The molecule has 3 atom stereocenters. The molecule has 0 aliphatic heterocycles. The molecule has 0 aromatic carbocycles. The predicted molar refractivity (Wildman–Crippen MR) is 351 cm³/mol. The van der Waals surface area contributed by atoms with Gasteiger partial charge in [0.05, 0.1) is 33.8 Å². The topological polar surface area (TPSA) is 111 Å². The Morgan fingerprint density at radius 3 is 1.15 bits per heavy atom. The molecule has 81 heavy (non-hydrogen) atoms. The van der Waals surface area contributed by atoms with Crippen LogP contribution >= 0.6 is 7.82 Å². The van der Waals surface area contributed by atoms with Gasteiger partial charge in [0.15, 0.2) is 0 Å². The van der Waals surface area contributed by atoms with Gasteiger partial charge in [0.1, 0.15) is 19.3 Å². The van der Waals surface area contributed by atoms with E-state index in [9.17, 15) is 19.0 Å². The van der Waals surface area contributed by atoms with Gasteiger partial charge in [0.25, 0.3) is 0 Å². The van der Waals surface area contributed by atoms with Crippen molar-refractivity contribution in [3.05, 3.63) is 48.6 Å². The van der Waals surface area contributed by atoms with Crippen LogP contribution < -0.4 is 5.32 Å². The summed E-state index contributed by atoms with van der Waals surface area (Å²) in [6, 6.07) is -0.849. The molecule has 10 heteroatoms. The molecule has 0 saturated heterocycles. The zero-order chi connectivity index (χ0) is 59.3. The first kappa shape index (κ1) is 79.0. The largest absolute Gasteiger partial charge is 0.472 e. The lowest BCUT2D eigenvalue weighted by molar-refractivity contribution is -0.870.